The number of hydrogen-bond acceptors (Lipinski definition) is 2. The molecule has 0 bridgehead atoms. The van der Waals surface area contributed by atoms with Crippen LogP contribution in [0.25, 0.3) is 16.8 Å². The molecule has 0 amide bonds. The average molecular weight is 338 g/mol. The zero-order chi connectivity index (χ0) is 11.8. The number of pyridine rings is 1. The molecule has 0 unspecified atom stereocenters. The molecule has 0 saturated carbocycles. The summed E-state index contributed by atoms with van der Waals surface area (Å²) in [5.74, 6) is 0. The fraction of sp³-hybridized carbons (Fsp3) is 0.167. The Morgan fingerprint density at radius 3 is 2.94 bits per heavy atom. The third kappa shape index (κ3) is 1.74. The van der Waals surface area contributed by atoms with Crippen molar-refractivity contribution in [3.8, 4) is 11.3 Å². The van der Waals surface area contributed by atoms with Gasteiger partial charge in [0.2, 0.25) is 0 Å². The van der Waals surface area contributed by atoms with Crippen LogP contribution in [0.2, 0.25) is 0 Å². The zero-order valence-electron chi connectivity index (χ0n) is 9.34. The van der Waals surface area contributed by atoms with E-state index in [9.17, 15) is 0 Å². The fourth-order valence-electron chi connectivity index (χ4n) is 1.81. The van der Waals surface area contributed by atoms with Crippen molar-refractivity contribution in [2.45, 2.75) is 13.5 Å². The maximum Gasteiger partial charge on any atom is 0.110 e. The second-order valence-corrected chi connectivity index (χ2v) is 4.86. The van der Waals surface area contributed by atoms with E-state index in [0.717, 1.165) is 23.3 Å². The number of hydrogen-bond donors (Lipinski definition) is 0. The Hall–Kier alpha value is -1.37. The molecule has 0 saturated heterocycles. The SMILES string of the molecule is CCn1cc(-c2nn3ccccc3c2I)cn1. The van der Waals surface area contributed by atoms with Crippen LogP contribution in [0.4, 0.5) is 0 Å². The van der Waals surface area contributed by atoms with Crippen molar-refractivity contribution in [1.82, 2.24) is 19.4 Å². The van der Waals surface area contributed by atoms with Crippen LogP contribution in [-0.4, -0.2) is 19.4 Å². The number of nitrogens with zero attached hydrogens (tertiary/aromatic N) is 4. The lowest BCUT2D eigenvalue weighted by molar-refractivity contribution is 0.660. The molecule has 0 fully saturated rings. The minimum absolute atomic E-state index is 0.879. The number of aromatic nitrogens is 4. The van der Waals surface area contributed by atoms with Crippen LogP contribution < -0.4 is 0 Å². The summed E-state index contributed by atoms with van der Waals surface area (Å²) in [6.07, 6.45) is 5.86. The number of fused-ring (bicyclic) bond motifs is 1. The normalized spacial score (nSPS) is 11.2. The maximum atomic E-state index is 4.59. The molecular weight excluding hydrogens is 327 g/mol. The Labute approximate surface area is 112 Å². The number of halogens is 1. The molecule has 0 atom stereocenters. The Kier molecular flexibility index (Phi) is 2.62. The lowest BCUT2D eigenvalue weighted by atomic mass is 10.2. The van der Waals surface area contributed by atoms with Gasteiger partial charge in [-0.1, -0.05) is 6.07 Å². The zero-order valence-corrected chi connectivity index (χ0v) is 11.5. The highest BCUT2D eigenvalue weighted by molar-refractivity contribution is 14.1. The lowest BCUT2D eigenvalue weighted by Crippen LogP contribution is -1.92. The summed E-state index contributed by atoms with van der Waals surface area (Å²) in [5.41, 5.74) is 3.20. The van der Waals surface area contributed by atoms with Gasteiger partial charge in [0.1, 0.15) is 5.69 Å². The van der Waals surface area contributed by atoms with Gasteiger partial charge in [0, 0.05) is 24.5 Å². The first-order chi connectivity index (χ1) is 8.29. The quantitative estimate of drug-likeness (QED) is 0.674. The van der Waals surface area contributed by atoms with Crippen molar-refractivity contribution in [3.05, 3.63) is 40.4 Å². The first-order valence-corrected chi connectivity index (χ1v) is 6.53. The van der Waals surface area contributed by atoms with E-state index in [2.05, 4.69) is 45.8 Å². The van der Waals surface area contributed by atoms with Crippen LogP contribution in [0.3, 0.4) is 0 Å². The second-order valence-electron chi connectivity index (χ2n) is 3.78. The number of rotatable bonds is 2. The van der Waals surface area contributed by atoms with Crippen LogP contribution in [0.1, 0.15) is 6.92 Å². The standard InChI is InChI=1S/C12H11IN4/c1-2-16-8-9(7-14-16)12-11(13)10-5-3-4-6-17(10)15-12/h3-8H,2H2,1H3. The first kappa shape index (κ1) is 10.8. The molecule has 0 aliphatic carbocycles. The van der Waals surface area contributed by atoms with Gasteiger partial charge in [-0.15, -0.1) is 0 Å². The molecule has 3 heterocycles. The van der Waals surface area contributed by atoms with E-state index in [-0.39, 0.29) is 0 Å². The molecule has 0 spiro atoms. The van der Waals surface area contributed by atoms with Crippen molar-refractivity contribution in [1.29, 1.82) is 0 Å². The van der Waals surface area contributed by atoms with Gasteiger partial charge >= 0.3 is 0 Å². The topological polar surface area (TPSA) is 35.1 Å². The molecule has 3 aromatic rings. The van der Waals surface area contributed by atoms with Gasteiger partial charge in [-0.3, -0.25) is 4.68 Å². The van der Waals surface area contributed by atoms with E-state index in [1.54, 1.807) is 0 Å². The van der Waals surface area contributed by atoms with E-state index in [1.807, 2.05) is 39.9 Å². The second kappa shape index (κ2) is 4.14. The number of aryl methyl sites for hydroxylation is 1. The molecule has 3 rings (SSSR count). The molecule has 4 nitrogen and oxygen atoms in total. The van der Waals surface area contributed by atoms with Gasteiger partial charge in [-0.25, -0.2) is 4.52 Å². The van der Waals surface area contributed by atoms with Crippen molar-refractivity contribution in [2.24, 2.45) is 0 Å². The Morgan fingerprint density at radius 2 is 2.24 bits per heavy atom. The van der Waals surface area contributed by atoms with Crippen molar-refractivity contribution in [2.75, 3.05) is 0 Å². The Bertz CT molecular complexity index is 668. The van der Waals surface area contributed by atoms with Gasteiger partial charge in [0.25, 0.3) is 0 Å². The van der Waals surface area contributed by atoms with Crippen LogP contribution in [0, 0.1) is 3.57 Å². The highest BCUT2D eigenvalue weighted by Crippen LogP contribution is 2.26. The lowest BCUT2D eigenvalue weighted by Gasteiger charge is -1.91. The summed E-state index contributed by atoms with van der Waals surface area (Å²) >= 11 is 2.34. The molecule has 3 aromatic heterocycles. The molecule has 17 heavy (non-hydrogen) atoms. The predicted octanol–water partition coefficient (Wildman–Crippen LogP) is 2.82. The van der Waals surface area contributed by atoms with E-state index in [0.29, 0.717) is 0 Å². The Morgan fingerprint density at radius 1 is 1.35 bits per heavy atom. The summed E-state index contributed by atoms with van der Waals surface area (Å²) in [6, 6.07) is 6.08. The molecule has 5 heteroatoms. The van der Waals surface area contributed by atoms with E-state index in [1.165, 1.54) is 3.57 Å². The summed E-state index contributed by atoms with van der Waals surface area (Å²) in [5, 5.41) is 8.87. The highest BCUT2D eigenvalue weighted by atomic mass is 127. The minimum atomic E-state index is 0.879. The van der Waals surface area contributed by atoms with E-state index in [4.69, 9.17) is 0 Å². The summed E-state index contributed by atoms with van der Waals surface area (Å²) in [4.78, 5) is 0. The molecule has 0 aromatic carbocycles. The summed E-state index contributed by atoms with van der Waals surface area (Å²) < 4.78 is 4.98. The van der Waals surface area contributed by atoms with Crippen LogP contribution in [0.5, 0.6) is 0 Å². The third-order valence-corrected chi connectivity index (χ3v) is 3.77. The van der Waals surface area contributed by atoms with Crippen molar-refractivity contribution in [3.63, 3.8) is 0 Å². The monoisotopic (exact) mass is 338 g/mol. The largest absolute Gasteiger partial charge is 0.272 e. The van der Waals surface area contributed by atoms with Gasteiger partial charge in [-0.2, -0.15) is 10.2 Å². The van der Waals surface area contributed by atoms with Gasteiger partial charge in [-0.05, 0) is 41.6 Å². The van der Waals surface area contributed by atoms with Crippen LogP contribution in [-0.2, 0) is 6.54 Å². The molecule has 0 N–H and O–H groups in total. The fourth-order valence-corrected chi connectivity index (χ4v) is 2.66. The molecule has 0 aliphatic heterocycles. The highest BCUT2D eigenvalue weighted by Gasteiger charge is 2.12. The van der Waals surface area contributed by atoms with Gasteiger partial charge in [0.05, 0.1) is 15.3 Å². The van der Waals surface area contributed by atoms with E-state index >= 15 is 0 Å². The van der Waals surface area contributed by atoms with Crippen LogP contribution in [0.15, 0.2) is 36.8 Å². The minimum Gasteiger partial charge on any atom is -0.272 e. The average Bonchev–Trinajstić information content (AvgIpc) is 2.95. The maximum absolute atomic E-state index is 4.59. The first-order valence-electron chi connectivity index (χ1n) is 5.45. The molecular formula is C12H11IN4. The van der Waals surface area contributed by atoms with Crippen molar-refractivity contribution < 1.29 is 0 Å². The molecule has 0 aliphatic rings. The molecule has 0 radical (unpaired) electrons. The third-order valence-electron chi connectivity index (χ3n) is 2.71. The van der Waals surface area contributed by atoms with Gasteiger partial charge < -0.3 is 0 Å². The Balaban J connectivity index is 2.20. The smallest absolute Gasteiger partial charge is 0.110 e. The molecule has 86 valence electrons. The summed E-state index contributed by atoms with van der Waals surface area (Å²) in [6.45, 7) is 2.95. The van der Waals surface area contributed by atoms with Crippen molar-refractivity contribution >= 4 is 28.1 Å². The van der Waals surface area contributed by atoms with E-state index < -0.39 is 0 Å². The predicted molar refractivity (Wildman–Crippen MR) is 74.8 cm³/mol. The summed E-state index contributed by atoms with van der Waals surface area (Å²) in [7, 11) is 0. The van der Waals surface area contributed by atoms with Crippen LogP contribution >= 0.6 is 22.6 Å². The van der Waals surface area contributed by atoms with Gasteiger partial charge in [0.15, 0.2) is 0 Å².